The molecule has 98 valence electrons. The van der Waals surface area contributed by atoms with Crippen molar-refractivity contribution < 1.29 is 9.47 Å². The molecule has 0 spiro atoms. The summed E-state index contributed by atoms with van der Waals surface area (Å²) in [5, 5.41) is 5.49. The molecule has 0 bridgehead atoms. The molecule has 0 aliphatic rings. The monoisotopic (exact) mass is 257 g/mol. The van der Waals surface area contributed by atoms with Crippen molar-refractivity contribution in [3.63, 3.8) is 0 Å². The number of thiophene rings is 1. The molecule has 1 aromatic heterocycles. The van der Waals surface area contributed by atoms with Gasteiger partial charge in [0.25, 0.3) is 0 Å². The van der Waals surface area contributed by atoms with Crippen LogP contribution in [0.1, 0.15) is 18.7 Å². The summed E-state index contributed by atoms with van der Waals surface area (Å²) in [6.45, 7) is 8.16. The molecule has 0 fully saturated rings. The summed E-state index contributed by atoms with van der Waals surface area (Å²) in [6.07, 6.45) is 1.29. The van der Waals surface area contributed by atoms with Gasteiger partial charge in [0.1, 0.15) is 0 Å². The lowest BCUT2D eigenvalue weighted by atomic mass is 10.3. The van der Waals surface area contributed by atoms with Crippen LogP contribution in [0.2, 0.25) is 0 Å². The summed E-state index contributed by atoms with van der Waals surface area (Å²) in [6, 6.07) is 4.27. The lowest BCUT2D eigenvalue weighted by Gasteiger charge is -2.12. The van der Waals surface area contributed by atoms with Gasteiger partial charge in [-0.05, 0) is 31.7 Å². The molecule has 1 unspecified atom stereocenters. The Hall–Kier alpha value is -0.420. The fraction of sp³-hybridized carbons (Fsp3) is 0.692. The number of ether oxygens (including phenoxy) is 2. The molecule has 0 saturated carbocycles. The van der Waals surface area contributed by atoms with Crippen LogP contribution in [0.15, 0.2) is 17.5 Å². The van der Waals surface area contributed by atoms with Gasteiger partial charge in [-0.3, -0.25) is 0 Å². The van der Waals surface area contributed by atoms with Crippen LogP contribution in [-0.4, -0.2) is 39.0 Å². The van der Waals surface area contributed by atoms with E-state index in [1.54, 1.807) is 0 Å². The van der Waals surface area contributed by atoms with Crippen LogP contribution < -0.4 is 5.32 Å². The molecule has 0 aliphatic carbocycles. The highest BCUT2D eigenvalue weighted by Crippen LogP contribution is 2.07. The van der Waals surface area contributed by atoms with Crippen LogP contribution in [-0.2, 0) is 15.9 Å². The van der Waals surface area contributed by atoms with E-state index in [0.717, 1.165) is 32.7 Å². The minimum atomic E-state index is 0.189. The van der Waals surface area contributed by atoms with Gasteiger partial charge in [0.05, 0.1) is 19.3 Å². The van der Waals surface area contributed by atoms with Crippen molar-refractivity contribution in [3.05, 3.63) is 22.4 Å². The number of rotatable bonds is 10. The quantitative estimate of drug-likeness (QED) is 0.653. The molecule has 0 amide bonds. The van der Waals surface area contributed by atoms with E-state index < -0.39 is 0 Å². The molecule has 0 aromatic carbocycles. The first-order valence-corrected chi connectivity index (χ1v) is 7.13. The van der Waals surface area contributed by atoms with E-state index in [9.17, 15) is 0 Å². The fourth-order valence-electron chi connectivity index (χ4n) is 1.46. The third kappa shape index (κ3) is 7.49. The van der Waals surface area contributed by atoms with E-state index in [1.807, 2.05) is 25.2 Å². The lowest BCUT2D eigenvalue weighted by Crippen LogP contribution is -2.25. The van der Waals surface area contributed by atoms with E-state index in [0.29, 0.717) is 6.61 Å². The first-order valence-electron chi connectivity index (χ1n) is 6.25. The van der Waals surface area contributed by atoms with E-state index in [2.05, 4.69) is 22.8 Å². The maximum absolute atomic E-state index is 5.60. The van der Waals surface area contributed by atoms with Crippen LogP contribution >= 0.6 is 11.3 Å². The highest BCUT2D eigenvalue weighted by atomic mass is 32.1. The zero-order valence-corrected chi connectivity index (χ0v) is 11.6. The number of hydrogen-bond donors (Lipinski definition) is 1. The van der Waals surface area contributed by atoms with E-state index in [1.165, 1.54) is 4.88 Å². The zero-order valence-electron chi connectivity index (χ0n) is 10.8. The molecule has 1 aromatic rings. The van der Waals surface area contributed by atoms with E-state index in [-0.39, 0.29) is 6.10 Å². The number of hydrogen-bond acceptors (Lipinski definition) is 4. The summed E-state index contributed by atoms with van der Waals surface area (Å²) >= 11 is 1.81. The molecule has 1 atom stereocenters. The Morgan fingerprint density at radius 1 is 1.41 bits per heavy atom. The Bertz CT molecular complexity index is 264. The summed E-state index contributed by atoms with van der Waals surface area (Å²) in [5.74, 6) is 0. The van der Waals surface area contributed by atoms with Crippen molar-refractivity contribution in [2.45, 2.75) is 26.4 Å². The first-order chi connectivity index (χ1) is 8.33. The lowest BCUT2D eigenvalue weighted by molar-refractivity contribution is -0.00182. The van der Waals surface area contributed by atoms with E-state index in [4.69, 9.17) is 9.47 Å². The smallest absolute Gasteiger partial charge is 0.0781 e. The molecule has 1 rings (SSSR count). The van der Waals surface area contributed by atoms with Crippen molar-refractivity contribution in [1.29, 1.82) is 0 Å². The number of nitrogens with one attached hydrogen (secondary N) is 1. The van der Waals surface area contributed by atoms with Crippen molar-refractivity contribution in [2.75, 3.05) is 32.9 Å². The van der Waals surface area contributed by atoms with Gasteiger partial charge in [-0.1, -0.05) is 6.07 Å². The second-order valence-electron chi connectivity index (χ2n) is 3.92. The Labute approximate surface area is 108 Å². The third-order valence-corrected chi connectivity index (χ3v) is 3.30. The highest BCUT2D eigenvalue weighted by Gasteiger charge is 2.00. The fourth-order valence-corrected chi connectivity index (χ4v) is 2.16. The van der Waals surface area contributed by atoms with Gasteiger partial charge < -0.3 is 14.8 Å². The molecule has 17 heavy (non-hydrogen) atoms. The van der Waals surface area contributed by atoms with Gasteiger partial charge in [0.15, 0.2) is 0 Å². The highest BCUT2D eigenvalue weighted by molar-refractivity contribution is 7.09. The van der Waals surface area contributed by atoms with Gasteiger partial charge in [-0.15, -0.1) is 11.3 Å². The summed E-state index contributed by atoms with van der Waals surface area (Å²) < 4.78 is 10.9. The molecule has 0 radical (unpaired) electrons. The van der Waals surface area contributed by atoms with Gasteiger partial charge in [0.2, 0.25) is 0 Å². The predicted octanol–water partition coefficient (Wildman–Crippen LogP) is 2.32. The average molecular weight is 257 g/mol. The van der Waals surface area contributed by atoms with Crippen LogP contribution in [0.4, 0.5) is 0 Å². The van der Waals surface area contributed by atoms with Crippen LogP contribution in [0.25, 0.3) is 0 Å². The van der Waals surface area contributed by atoms with Gasteiger partial charge in [0, 0.05) is 24.6 Å². The zero-order chi connectivity index (χ0) is 12.3. The molecular weight excluding hydrogens is 234 g/mol. The van der Waals surface area contributed by atoms with Crippen molar-refractivity contribution in [3.8, 4) is 0 Å². The Kier molecular flexibility index (Phi) is 8.26. The molecule has 1 N–H and O–H groups in total. The first kappa shape index (κ1) is 14.6. The normalized spacial score (nSPS) is 12.8. The molecule has 0 saturated heterocycles. The second kappa shape index (κ2) is 9.59. The third-order valence-electron chi connectivity index (χ3n) is 2.37. The average Bonchev–Trinajstić information content (AvgIpc) is 2.84. The van der Waals surface area contributed by atoms with Crippen LogP contribution in [0, 0.1) is 0 Å². The molecule has 4 heteroatoms. The SMILES string of the molecule is CCOCC(C)OCCNCCc1cccs1. The second-order valence-corrected chi connectivity index (χ2v) is 4.95. The summed E-state index contributed by atoms with van der Waals surface area (Å²) in [5.41, 5.74) is 0. The minimum absolute atomic E-state index is 0.189. The van der Waals surface area contributed by atoms with Gasteiger partial charge in [-0.25, -0.2) is 0 Å². The molecular formula is C13H23NO2S. The standard InChI is InChI=1S/C13H23NO2S/c1-3-15-11-12(2)16-9-8-14-7-6-13-5-4-10-17-13/h4-5,10,12,14H,3,6-9,11H2,1-2H3. The van der Waals surface area contributed by atoms with Gasteiger partial charge in [-0.2, -0.15) is 0 Å². The minimum Gasteiger partial charge on any atom is -0.379 e. The van der Waals surface area contributed by atoms with E-state index >= 15 is 0 Å². The molecule has 1 heterocycles. The maximum Gasteiger partial charge on any atom is 0.0781 e. The Morgan fingerprint density at radius 2 is 2.29 bits per heavy atom. The molecule has 3 nitrogen and oxygen atoms in total. The summed E-state index contributed by atoms with van der Waals surface area (Å²) in [4.78, 5) is 1.43. The largest absolute Gasteiger partial charge is 0.379 e. The van der Waals surface area contributed by atoms with Crippen LogP contribution in [0.3, 0.4) is 0 Å². The molecule has 0 aliphatic heterocycles. The maximum atomic E-state index is 5.60. The van der Waals surface area contributed by atoms with Gasteiger partial charge >= 0.3 is 0 Å². The van der Waals surface area contributed by atoms with Crippen molar-refractivity contribution >= 4 is 11.3 Å². The summed E-state index contributed by atoms with van der Waals surface area (Å²) in [7, 11) is 0. The predicted molar refractivity (Wildman–Crippen MR) is 72.8 cm³/mol. The Morgan fingerprint density at radius 3 is 3.00 bits per heavy atom. The van der Waals surface area contributed by atoms with Crippen LogP contribution in [0.5, 0.6) is 0 Å². The van der Waals surface area contributed by atoms with Crippen molar-refractivity contribution in [1.82, 2.24) is 5.32 Å². The topological polar surface area (TPSA) is 30.5 Å². The Balaban J connectivity index is 1.87. The van der Waals surface area contributed by atoms with Crippen molar-refractivity contribution in [2.24, 2.45) is 0 Å².